The van der Waals surface area contributed by atoms with Crippen LogP contribution >= 0.6 is 23.5 Å². The Kier molecular flexibility index (Phi) is 6.48. The maximum absolute atomic E-state index is 13.0. The van der Waals surface area contributed by atoms with Crippen molar-refractivity contribution in [2.75, 3.05) is 11.9 Å². The van der Waals surface area contributed by atoms with Gasteiger partial charge in [0.1, 0.15) is 17.0 Å². The van der Waals surface area contributed by atoms with Crippen molar-refractivity contribution < 1.29 is 9.53 Å². The van der Waals surface area contributed by atoms with E-state index in [1.807, 2.05) is 25.1 Å². The van der Waals surface area contributed by atoms with Crippen molar-refractivity contribution in [3.05, 3.63) is 54.7 Å². The van der Waals surface area contributed by atoms with Crippen LogP contribution in [0, 0.1) is 0 Å². The summed E-state index contributed by atoms with van der Waals surface area (Å²) in [5.41, 5.74) is 0.272. The summed E-state index contributed by atoms with van der Waals surface area (Å²) in [5.74, 6) is 0.637. The summed E-state index contributed by atoms with van der Waals surface area (Å²) >= 11 is 2.67. The van der Waals surface area contributed by atoms with E-state index in [1.165, 1.54) is 29.9 Å². The van der Waals surface area contributed by atoms with Crippen LogP contribution in [0.5, 0.6) is 5.88 Å². The van der Waals surface area contributed by atoms with Gasteiger partial charge in [-0.1, -0.05) is 11.8 Å². The summed E-state index contributed by atoms with van der Waals surface area (Å²) in [7, 11) is 1.78. The predicted molar refractivity (Wildman–Crippen MR) is 115 cm³/mol. The number of H-pyrrole nitrogens is 1. The number of nitrogens with one attached hydrogen (secondary N) is 2. The first-order valence-corrected chi connectivity index (χ1v) is 10.9. The van der Waals surface area contributed by atoms with E-state index in [-0.39, 0.29) is 11.6 Å². The second kappa shape index (κ2) is 9.62. The minimum Gasteiger partial charge on any atom is -0.478 e. The number of nitrogens with zero attached hydrogens (tertiary/aromatic N) is 6. The largest absolute Gasteiger partial charge is 0.478 e. The molecule has 0 spiro atoms. The highest BCUT2D eigenvalue weighted by atomic mass is 32.2. The fourth-order valence-electron chi connectivity index (χ4n) is 2.52. The van der Waals surface area contributed by atoms with Gasteiger partial charge in [-0.3, -0.25) is 14.6 Å². The van der Waals surface area contributed by atoms with Gasteiger partial charge in [0.05, 0.1) is 6.61 Å². The van der Waals surface area contributed by atoms with Crippen molar-refractivity contribution >= 4 is 35.2 Å². The number of aryl methyl sites for hydroxylation is 1. The third kappa shape index (κ3) is 5.41. The molecule has 0 aliphatic rings. The lowest BCUT2D eigenvalue weighted by Crippen LogP contribution is -2.16. The Morgan fingerprint density at radius 3 is 2.77 bits per heavy atom. The quantitative estimate of drug-likeness (QED) is 0.413. The normalized spacial score (nSPS) is 10.8. The smallest absolute Gasteiger partial charge is 0.276 e. The Hall–Kier alpha value is -3.38. The van der Waals surface area contributed by atoms with Crippen LogP contribution in [0.25, 0.3) is 0 Å². The van der Waals surface area contributed by atoms with E-state index in [0.29, 0.717) is 33.4 Å². The van der Waals surface area contributed by atoms with Crippen LogP contribution in [0.2, 0.25) is 0 Å². The number of hydrogen-bond acceptors (Lipinski definition) is 9. The maximum atomic E-state index is 13.0. The Morgan fingerprint density at radius 1 is 1.19 bits per heavy atom. The highest BCUT2D eigenvalue weighted by Crippen LogP contribution is 2.33. The molecule has 0 unspecified atom stereocenters. The zero-order valence-electron chi connectivity index (χ0n) is 16.6. The molecule has 4 aromatic heterocycles. The van der Waals surface area contributed by atoms with E-state index in [4.69, 9.17) is 4.74 Å². The maximum Gasteiger partial charge on any atom is 0.276 e. The van der Waals surface area contributed by atoms with Crippen LogP contribution in [0.15, 0.2) is 69.0 Å². The van der Waals surface area contributed by atoms with Gasteiger partial charge in [0.25, 0.3) is 5.91 Å². The van der Waals surface area contributed by atoms with E-state index in [1.54, 1.807) is 36.3 Å². The molecule has 0 aliphatic carbocycles. The Bertz CT molecular complexity index is 1160. The number of carbonyl (C=O) groups excluding carboxylic acids is 1. The molecule has 0 aromatic carbocycles. The molecular formula is C19H18N8O2S2. The van der Waals surface area contributed by atoms with Crippen molar-refractivity contribution in [3.63, 3.8) is 0 Å². The number of amides is 1. The first kappa shape index (κ1) is 20.9. The molecule has 12 heteroatoms. The molecule has 31 heavy (non-hydrogen) atoms. The van der Waals surface area contributed by atoms with E-state index >= 15 is 0 Å². The highest BCUT2D eigenvalue weighted by Gasteiger charge is 2.18. The Balaban J connectivity index is 1.61. The lowest BCUT2D eigenvalue weighted by atomic mass is 10.3. The first-order chi connectivity index (χ1) is 15.1. The Morgan fingerprint density at radius 2 is 2.10 bits per heavy atom. The molecule has 0 saturated heterocycles. The average molecular weight is 455 g/mol. The monoisotopic (exact) mass is 454 g/mol. The van der Waals surface area contributed by atoms with E-state index in [9.17, 15) is 4.79 Å². The van der Waals surface area contributed by atoms with Gasteiger partial charge in [0, 0.05) is 41.4 Å². The molecule has 158 valence electrons. The van der Waals surface area contributed by atoms with Crippen molar-refractivity contribution in [2.45, 2.75) is 26.9 Å². The van der Waals surface area contributed by atoms with Crippen molar-refractivity contribution in [2.24, 2.45) is 7.05 Å². The summed E-state index contributed by atoms with van der Waals surface area (Å²) < 4.78 is 7.00. The number of aromatic nitrogens is 7. The third-order valence-electron chi connectivity index (χ3n) is 3.83. The van der Waals surface area contributed by atoms with Gasteiger partial charge in [-0.25, -0.2) is 15.0 Å². The van der Waals surface area contributed by atoms with Gasteiger partial charge in [-0.15, -0.1) is 0 Å². The molecule has 1 amide bonds. The standard InChI is InChI=1S/C19H18N8O2S2/c1-3-29-15-6-4-12(10-20-15)30-13-5-7-16(31-19-21-11-22-25-19)24-17(13)18(28)23-14-8-9-27(2)26-14/h4-11H,3H2,1-2H3,(H,21,22,25)(H,23,26,28). The van der Waals surface area contributed by atoms with Crippen LogP contribution in [0.3, 0.4) is 0 Å². The van der Waals surface area contributed by atoms with Crippen molar-refractivity contribution in [1.29, 1.82) is 0 Å². The molecule has 4 rings (SSSR count). The van der Waals surface area contributed by atoms with Gasteiger partial charge in [0.15, 0.2) is 11.0 Å². The van der Waals surface area contributed by atoms with Crippen LogP contribution in [0.1, 0.15) is 17.4 Å². The fourth-order valence-corrected chi connectivity index (χ4v) is 4.05. The third-order valence-corrected chi connectivity index (χ3v) is 5.68. The number of rotatable bonds is 8. The molecule has 0 aliphatic heterocycles. The molecular weight excluding hydrogens is 436 g/mol. The summed E-state index contributed by atoms with van der Waals surface area (Å²) in [6.07, 6.45) is 4.87. The molecule has 4 aromatic rings. The van der Waals surface area contributed by atoms with Crippen LogP contribution in [0.4, 0.5) is 5.82 Å². The van der Waals surface area contributed by atoms with E-state index in [2.05, 4.69) is 35.6 Å². The van der Waals surface area contributed by atoms with E-state index in [0.717, 1.165) is 4.90 Å². The molecule has 10 nitrogen and oxygen atoms in total. The summed E-state index contributed by atoms with van der Waals surface area (Å²) in [6, 6.07) is 9.07. The van der Waals surface area contributed by atoms with Gasteiger partial charge < -0.3 is 10.1 Å². The number of anilines is 1. The van der Waals surface area contributed by atoms with Gasteiger partial charge in [0.2, 0.25) is 5.88 Å². The van der Waals surface area contributed by atoms with Gasteiger partial charge >= 0.3 is 0 Å². The molecule has 0 radical (unpaired) electrons. The second-order valence-electron chi connectivity index (χ2n) is 6.08. The molecule has 0 fully saturated rings. The van der Waals surface area contributed by atoms with Crippen molar-refractivity contribution in [1.82, 2.24) is 34.9 Å². The van der Waals surface area contributed by atoms with E-state index < -0.39 is 0 Å². The molecule has 0 bridgehead atoms. The number of ether oxygens (including phenoxy) is 1. The lowest BCUT2D eigenvalue weighted by molar-refractivity contribution is 0.101. The van der Waals surface area contributed by atoms with Crippen LogP contribution < -0.4 is 10.1 Å². The van der Waals surface area contributed by atoms with Gasteiger partial charge in [-0.05, 0) is 36.9 Å². The average Bonchev–Trinajstić information content (AvgIpc) is 3.42. The number of pyridine rings is 2. The topological polar surface area (TPSA) is 124 Å². The number of aromatic amines is 1. The molecule has 4 heterocycles. The predicted octanol–water partition coefficient (Wildman–Crippen LogP) is 3.28. The van der Waals surface area contributed by atoms with Crippen LogP contribution in [-0.2, 0) is 7.05 Å². The highest BCUT2D eigenvalue weighted by molar-refractivity contribution is 7.99. The zero-order chi connectivity index (χ0) is 21.6. The second-order valence-corrected chi connectivity index (χ2v) is 8.21. The summed E-state index contributed by atoms with van der Waals surface area (Å²) in [5, 5.41) is 14.8. The van der Waals surface area contributed by atoms with Gasteiger partial charge in [-0.2, -0.15) is 10.2 Å². The fraction of sp³-hybridized carbons (Fsp3) is 0.158. The minimum atomic E-state index is -0.361. The molecule has 0 saturated carbocycles. The SMILES string of the molecule is CCOc1ccc(Sc2ccc(Sc3ncn[nH]3)nc2C(=O)Nc2ccn(C)n2)cn1. The Labute approximate surface area is 186 Å². The minimum absolute atomic E-state index is 0.272. The van der Waals surface area contributed by atoms with Crippen molar-refractivity contribution in [3.8, 4) is 5.88 Å². The lowest BCUT2D eigenvalue weighted by Gasteiger charge is -2.10. The first-order valence-electron chi connectivity index (χ1n) is 9.22. The summed E-state index contributed by atoms with van der Waals surface area (Å²) in [4.78, 5) is 27.5. The summed E-state index contributed by atoms with van der Waals surface area (Å²) in [6.45, 7) is 2.45. The number of carbonyl (C=O) groups is 1. The number of hydrogen-bond donors (Lipinski definition) is 2. The molecule has 0 atom stereocenters. The molecule has 2 N–H and O–H groups in total. The zero-order valence-corrected chi connectivity index (χ0v) is 18.3. The van der Waals surface area contributed by atoms with Crippen LogP contribution in [-0.4, -0.2) is 47.4 Å².